The number of ether oxygens (including phenoxy) is 3. The van der Waals surface area contributed by atoms with E-state index in [2.05, 4.69) is 25.0 Å². The van der Waals surface area contributed by atoms with E-state index in [1.165, 1.54) is 0 Å². The Kier molecular flexibility index (Phi) is 5.61. The lowest BCUT2D eigenvalue weighted by molar-refractivity contribution is 0.354. The van der Waals surface area contributed by atoms with Crippen LogP contribution in [0.2, 0.25) is 0 Å². The lowest BCUT2D eigenvalue weighted by Crippen LogP contribution is -2.08. The molecule has 0 saturated heterocycles. The summed E-state index contributed by atoms with van der Waals surface area (Å²) in [6.45, 7) is 1.77. The number of nitrogens with zero attached hydrogens (tertiary/aromatic N) is 6. The van der Waals surface area contributed by atoms with E-state index in [0.29, 0.717) is 47.1 Å². The molecule has 3 aromatic heterocycles. The van der Waals surface area contributed by atoms with Gasteiger partial charge in [0, 0.05) is 24.8 Å². The van der Waals surface area contributed by atoms with Gasteiger partial charge < -0.3 is 19.9 Å². The van der Waals surface area contributed by atoms with Gasteiger partial charge in [-0.3, -0.25) is 0 Å². The smallest absolute Gasteiger partial charge is 0.240 e. The van der Waals surface area contributed by atoms with E-state index in [1.807, 2.05) is 30.3 Å². The Balaban J connectivity index is 1.67. The normalized spacial score (nSPS) is 10.7. The Morgan fingerprint density at radius 2 is 1.77 bits per heavy atom. The summed E-state index contributed by atoms with van der Waals surface area (Å²) >= 11 is 0. The molecule has 0 aliphatic heterocycles. The minimum absolute atomic E-state index is 0.138. The van der Waals surface area contributed by atoms with Crippen molar-refractivity contribution in [1.29, 1.82) is 0 Å². The van der Waals surface area contributed by atoms with Crippen molar-refractivity contribution in [1.82, 2.24) is 29.7 Å². The molecule has 2 N–H and O–H groups in total. The molecule has 4 aromatic rings. The molecular formula is C21H21N7O3. The number of nitrogens with two attached hydrogens (primary N) is 1. The second-order valence-corrected chi connectivity index (χ2v) is 6.55. The first-order valence-electron chi connectivity index (χ1n) is 9.43. The van der Waals surface area contributed by atoms with Gasteiger partial charge in [0.05, 0.1) is 14.2 Å². The van der Waals surface area contributed by atoms with E-state index >= 15 is 0 Å². The van der Waals surface area contributed by atoms with Crippen LogP contribution in [0.15, 0.2) is 48.7 Å². The van der Waals surface area contributed by atoms with Gasteiger partial charge in [-0.05, 0) is 30.7 Å². The SMILES string of the molecule is COc1ccc(Cc2nc(N)nn2-c2cc(Oc3ccccn3)nc(C)n2)cc1OC. The van der Waals surface area contributed by atoms with Gasteiger partial charge in [-0.25, -0.2) is 9.97 Å². The topological polar surface area (TPSA) is 123 Å². The van der Waals surface area contributed by atoms with Crippen LogP contribution in [-0.2, 0) is 6.42 Å². The highest BCUT2D eigenvalue weighted by Gasteiger charge is 2.16. The van der Waals surface area contributed by atoms with Crippen LogP contribution in [0, 0.1) is 6.92 Å². The number of nitrogen functional groups attached to an aromatic ring is 1. The van der Waals surface area contributed by atoms with Gasteiger partial charge in [0.15, 0.2) is 17.3 Å². The Labute approximate surface area is 178 Å². The van der Waals surface area contributed by atoms with Gasteiger partial charge in [-0.15, -0.1) is 5.10 Å². The first kappa shape index (κ1) is 20.1. The zero-order valence-electron chi connectivity index (χ0n) is 17.3. The van der Waals surface area contributed by atoms with Crippen LogP contribution in [0.25, 0.3) is 5.82 Å². The van der Waals surface area contributed by atoms with Crippen LogP contribution in [0.5, 0.6) is 23.3 Å². The maximum absolute atomic E-state index is 5.90. The van der Waals surface area contributed by atoms with E-state index in [0.717, 1.165) is 5.56 Å². The monoisotopic (exact) mass is 419 g/mol. The third-order valence-electron chi connectivity index (χ3n) is 4.37. The number of aryl methyl sites for hydroxylation is 1. The fourth-order valence-corrected chi connectivity index (χ4v) is 3.03. The van der Waals surface area contributed by atoms with Gasteiger partial charge in [-0.2, -0.15) is 14.6 Å². The summed E-state index contributed by atoms with van der Waals surface area (Å²) in [5.74, 6) is 3.78. The average molecular weight is 419 g/mol. The molecule has 158 valence electrons. The second-order valence-electron chi connectivity index (χ2n) is 6.55. The van der Waals surface area contributed by atoms with E-state index in [4.69, 9.17) is 19.9 Å². The average Bonchev–Trinajstić information content (AvgIpc) is 3.14. The zero-order valence-corrected chi connectivity index (χ0v) is 17.3. The highest BCUT2D eigenvalue weighted by molar-refractivity contribution is 5.44. The number of anilines is 1. The molecule has 0 saturated carbocycles. The molecule has 0 bridgehead atoms. The molecule has 1 aromatic carbocycles. The van der Waals surface area contributed by atoms with Gasteiger partial charge in [0.25, 0.3) is 0 Å². The van der Waals surface area contributed by atoms with Crippen LogP contribution in [0.3, 0.4) is 0 Å². The maximum Gasteiger partial charge on any atom is 0.240 e. The summed E-state index contributed by atoms with van der Waals surface area (Å²) in [5.41, 5.74) is 6.85. The first-order valence-corrected chi connectivity index (χ1v) is 9.43. The van der Waals surface area contributed by atoms with E-state index < -0.39 is 0 Å². The number of rotatable bonds is 7. The van der Waals surface area contributed by atoms with Gasteiger partial charge in [0.2, 0.25) is 17.7 Å². The molecule has 0 radical (unpaired) electrons. The Morgan fingerprint density at radius 3 is 2.52 bits per heavy atom. The van der Waals surface area contributed by atoms with Gasteiger partial charge >= 0.3 is 0 Å². The molecule has 0 atom stereocenters. The molecule has 31 heavy (non-hydrogen) atoms. The minimum atomic E-state index is 0.138. The molecule has 0 fully saturated rings. The van der Waals surface area contributed by atoms with Crippen LogP contribution in [0.1, 0.15) is 17.2 Å². The van der Waals surface area contributed by atoms with Crippen LogP contribution < -0.4 is 19.9 Å². The van der Waals surface area contributed by atoms with Gasteiger partial charge in [0.1, 0.15) is 11.6 Å². The van der Waals surface area contributed by atoms with Crippen LogP contribution >= 0.6 is 0 Å². The molecular weight excluding hydrogens is 398 g/mol. The van der Waals surface area contributed by atoms with Crippen molar-refractivity contribution in [3.8, 4) is 29.1 Å². The maximum atomic E-state index is 5.90. The van der Waals surface area contributed by atoms with E-state index in [9.17, 15) is 0 Å². The van der Waals surface area contributed by atoms with Crippen molar-refractivity contribution in [2.24, 2.45) is 0 Å². The summed E-state index contributed by atoms with van der Waals surface area (Å²) in [6.07, 6.45) is 2.09. The number of hydrogen-bond acceptors (Lipinski definition) is 9. The summed E-state index contributed by atoms with van der Waals surface area (Å²) in [5, 5.41) is 4.31. The van der Waals surface area contributed by atoms with Crippen molar-refractivity contribution in [3.05, 3.63) is 65.9 Å². The lowest BCUT2D eigenvalue weighted by Gasteiger charge is -2.11. The summed E-state index contributed by atoms with van der Waals surface area (Å²) in [4.78, 5) is 17.3. The van der Waals surface area contributed by atoms with Crippen LogP contribution in [-0.4, -0.2) is 43.9 Å². The molecule has 4 rings (SSSR count). The van der Waals surface area contributed by atoms with Crippen LogP contribution in [0.4, 0.5) is 5.95 Å². The lowest BCUT2D eigenvalue weighted by atomic mass is 10.1. The Hall–Kier alpha value is -4.21. The fourth-order valence-electron chi connectivity index (χ4n) is 3.03. The van der Waals surface area contributed by atoms with E-state index in [1.54, 1.807) is 44.2 Å². The fraction of sp³-hybridized carbons (Fsp3) is 0.190. The van der Waals surface area contributed by atoms with Crippen molar-refractivity contribution in [2.45, 2.75) is 13.3 Å². The standard InChI is InChI=1S/C21H21N7O3/c1-13-24-18(12-20(25-13)31-19-6-4-5-9-23-19)28-17(26-21(22)27-28)11-14-7-8-15(29-2)16(10-14)30-3/h4-10,12H,11H2,1-3H3,(H2,22,27). The third-order valence-corrected chi connectivity index (χ3v) is 4.37. The third kappa shape index (κ3) is 4.53. The molecule has 0 aliphatic carbocycles. The number of pyridine rings is 1. The molecule has 10 nitrogen and oxygen atoms in total. The molecule has 0 spiro atoms. The Morgan fingerprint density at radius 1 is 0.935 bits per heavy atom. The van der Waals surface area contributed by atoms with E-state index in [-0.39, 0.29) is 5.95 Å². The number of benzene rings is 1. The van der Waals surface area contributed by atoms with Gasteiger partial charge in [-0.1, -0.05) is 12.1 Å². The Bertz CT molecular complexity index is 1200. The quantitative estimate of drug-likeness (QED) is 0.481. The predicted octanol–water partition coefficient (Wildman–Crippen LogP) is 2.74. The minimum Gasteiger partial charge on any atom is -0.493 e. The number of aromatic nitrogens is 6. The largest absolute Gasteiger partial charge is 0.493 e. The van der Waals surface area contributed by atoms with Crippen molar-refractivity contribution < 1.29 is 14.2 Å². The summed E-state index contributed by atoms with van der Waals surface area (Å²) in [6, 6.07) is 12.7. The molecule has 0 amide bonds. The zero-order chi connectivity index (χ0) is 21.8. The van der Waals surface area contributed by atoms with Crippen molar-refractivity contribution >= 4 is 5.95 Å². The highest BCUT2D eigenvalue weighted by atomic mass is 16.5. The molecule has 0 aliphatic rings. The number of methoxy groups -OCH3 is 2. The summed E-state index contributed by atoms with van der Waals surface area (Å²) < 4.78 is 18.0. The number of hydrogen-bond donors (Lipinski definition) is 1. The molecule has 0 unspecified atom stereocenters. The summed E-state index contributed by atoms with van der Waals surface area (Å²) in [7, 11) is 3.19. The predicted molar refractivity (Wildman–Crippen MR) is 113 cm³/mol. The van der Waals surface area contributed by atoms with Crippen molar-refractivity contribution in [3.63, 3.8) is 0 Å². The van der Waals surface area contributed by atoms with Crippen molar-refractivity contribution in [2.75, 3.05) is 20.0 Å². The highest BCUT2D eigenvalue weighted by Crippen LogP contribution is 2.29. The molecule has 10 heteroatoms. The molecule has 3 heterocycles. The first-order chi connectivity index (χ1) is 15.1. The second kappa shape index (κ2) is 8.66.